The van der Waals surface area contributed by atoms with Crippen molar-refractivity contribution in [2.75, 3.05) is 21.1 Å². The van der Waals surface area contributed by atoms with Crippen LogP contribution in [0.4, 0.5) is 0 Å². The summed E-state index contributed by atoms with van der Waals surface area (Å²) in [6, 6.07) is 0. The Hall–Kier alpha value is -1.32. The topological polar surface area (TPSA) is 35.9 Å². The number of nitrogens with zero attached hydrogens (tertiary/aromatic N) is 3. The predicted molar refractivity (Wildman–Crippen MR) is 54.4 cm³/mol. The predicted octanol–water partition coefficient (Wildman–Crippen LogP) is 0.916. The molecule has 74 valence electrons. The molecular formula is C9H17N3O. The van der Waals surface area contributed by atoms with Crippen LogP contribution < -0.4 is 0 Å². The van der Waals surface area contributed by atoms with Crippen LogP contribution in [-0.4, -0.2) is 42.8 Å². The highest BCUT2D eigenvalue weighted by Gasteiger charge is 2.11. The number of carbonyl (C=O) groups is 1. The lowest BCUT2D eigenvalue weighted by molar-refractivity contribution is -0.122. The highest BCUT2D eigenvalue weighted by atomic mass is 16.2. The van der Waals surface area contributed by atoms with Gasteiger partial charge in [-0.15, -0.1) is 0 Å². The molecule has 0 saturated heterocycles. The third kappa shape index (κ3) is 3.73. The van der Waals surface area contributed by atoms with Gasteiger partial charge in [-0.25, -0.2) is 0 Å². The quantitative estimate of drug-likeness (QED) is 0.276. The van der Waals surface area contributed by atoms with Gasteiger partial charge in [0.1, 0.15) is 5.84 Å². The third-order valence-electron chi connectivity index (χ3n) is 1.50. The van der Waals surface area contributed by atoms with Crippen molar-refractivity contribution in [3.05, 3.63) is 12.2 Å². The summed E-state index contributed by atoms with van der Waals surface area (Å²) >= 11 is 0. The molecule has 0 rings (SSSR count). The number of hydrogen-bond donors (Lipinski definition) is 0. The molecule has 0 aromatic rings. The van der Waals surface area contributed by atoms with E-state index in [9.17, 15) is 4.79 Å². The normalized spacial score (nSPS) is 11.0. The average Bonchev–Trinajstić information content (AvgIpc) is 2.00. The monoisotopic (exact) mass is 183 g/mol. The molecule has 4 heteroatoms. The summed E-state index contributed by atoms with van der Waals surface area (Å²) in [5.41, 5.74) is 0.510. The minimum absolute atomic E-state index is 0.108. The molecule has 0 atom stereocenters. The van der Waals surface area contributed by atoms with Gasteiger partial charge in [0.25, 0.3) is 5.91 Å². The standard InChI is InChI=1S/C9H17N3O/c1-7(2)9(13)12(6)8(3)10-11(4)5/h1H2,2-6H3. The van der Waals surface area contributed by atoms with Gasteiger partial charge < -0.3 is 5.01 Å². The summed E-state index contributed by atoms with van der Waals surface area (Å²) in [7, 11) is 5.30. The van der Waals surface area contributed by atoms with Crippen molar-refractivity contribution < 1.29 is 4.79 Å². The summed E-state index contributed by atoms with van der Waals surface area (Å²) in [6.07, 6.45) is 0. The molecule has 0 aliphatic rings. The van der Waals surface area contributed by atoms with E-state index in [1.807, 2.05) is 14.1 Å². The van der Waals surface area contributed by atoms with E-state index in [1.54, 1.807) is 25.9 Å². The molecule has 0 spiro atoms. The van der Waals surface area contributed by atoms with Gasteiger partial charge in [-0.1, -0.05) is 6.58 Å². The number of rotatable bonds is 2. The van der Waals surface area contributed by atoms with Crippen LogP contribution in [0.25, 0.3) is 0 Å². The van der Waals surface area contributed by atoms with Crippen LogP contribution in [0, 0.1) is 0 Å². The van der Waals surface area contributed by atoms with Crippen LogP contribution in [0.5, 0.6) is 0 Å². The second kappa shape index (κ2) is 4.64. The Kier molecular flexibility index (Phi) is 4.17. The SMILES string of the molecule is C=C(C)C(=O)N(C)C(C)=NN(C)C. The molecule has 4 nitrogen and oxygen atoms in total. The number of amides is 1. The number of carbonyl (C=O) groups excluding carboxylic acids is 1. The van der Waals surface area contributed by atoms with E-state index in [0.717, 1.165) is 0 Å². The number of amidine groups is 1. The molecule has 1 amide bonds. The van der Waals surface area contributed by atoms with E-state index >= 15 is 0 Å². The van der Waals surface area contributed by atoms with Crippen LogP contribution in [-0.2, 0) is 4.79 Å². The molecule has 0 N–H and O–H groups in total. The summed E-state index contributed by atoms with van der Waals surface area (Å²) in [6.45, 7) is 7.04. The Labute approximate surface area is 79.5 Å². The van der Waals surface area contributed by atoms with Crippen molar-refractivity contribution in [2.24, 2.45) is 5.10 Å². The highest BCUT2D eigenvalue weighted by Crippen LogP contribution is 1.97. The Morgan fingerprint density at radius 2 is 1.69 bits per heavy atom. The Morgan fingerprint density at radius 3 is 2.00 bits per heavy atom. The summed E-state index contributed by atoms with van der Waals surface area (Å²) < 4.78 is 0. The lowest BCUT2D eigenvalue weighted by Crippen LogP contribution is -2.32. The molecule has 0 heterocycles. The molecule has 0 radical (unpaired) electrons. The maximum atomic E-state index is 11.4. The van der Waals surface area contributed by atoms with E-state index in [1.165, 1.54) is 4.90 Å². The van der Waals surface area contributed by atoms with E-state index in [4.69, 9.17) is 0 Å². The Balaban J connectivity index is 4.51. The highest BCUT2D eigenvalue weighted by molar-refractivity contribution is 6.04. The first-order valence-electron chi connectivity index (χ1n) is 4.02. The van der Waals surface area contributed by atoms with Crippen LogP contribution in [0.3, 0.4) is 0 Å². The first-order chi connectivity index (χ1) is 5.86. The van der Waals surface area contributed by atoms with Crippen molar-refractivity contribution >= 4 is 11.7 Å². The second-order valence-corrected chi connectivity index (χ2v) is 3.14. The Morgan fingerprint density at radius 1 is 1.23 bits per heavy atom. The zero-order valence-corrected chi connectivity index (χ0v) is 8.96. The van der Waals surface area contributed by atoms with Gasteiger partial charge in [0.2, 0.25) is 0 Å². The van der Waals surface area contributed by atoms with Gasteiger partial charge >= 0.3 is 0 Å². The van der Waals surface area contributed by atoms with E-state index in [0.29, 0.717) is 11.4 Å². The van der Waals surface area contributed by atoms with E-state index < -0.39 is 0 Å². The van der Waals surface area contributed by atoms with Crippen LogP contribution >= 0.6 is 0 Å². The lowest BCUT2D eigenvalue weighted by atomic mass is 10.3. The number of hydrogen-bond acceptors (Lipinski definition) is 3. The number of hydrazone groups is 1. The second-order valence-electron chi connectivity index (χ2n) is 3.14. The van der Waals surface area contributed by atoms with Gasteiger partial charge in [-0.3, -0.25) is 9.69 Å². The molecule has 0 bridgehead atoms. The summed E-state index contributed by atoms with van der Waals surface area (Å²) in [5.74, 6) is 0.543. The van der Waals surface area contributed by atoms with Gasteiger partial charge in [0.05, 0.1) is 0 Å². The van der Waals surface area contributed by atoms with Crippen molar-refractivity contribution in [3.8, 4) is 0 Å². The zero-order valence-electron chi connectivity index (χ0n) is 8.96. The van der Waals surface area contributed by atoms with Crippen LogP contribution in [0.2, 0.25) is 0 Å². The maximum absolute atomic E-state index is 11.4. The molecular weight excluding hydrogens is 166 g/mol. The van der Waals surface area contributed by atoms with Crippen molar-refractivity contribution in [1.82, 2.24) is 9.91 Å². The molecule has 0 aromatic carbocycles. The zero-order chi connectivity index (χ0) is 10.6. The van der Waals surface area contributed by atoms with Gasteiger partial charge in [-0.2, -0.15) is 5.10 Å². The van der Waals surface area contributed by atoms with Gasteiger partial charge in [0, 0.05) is 26.7 Å². The van der Waals surface area contributed by atoms with E-state index in [2.05, 4.69) is 11.7 Å². The van der Waals surface area contributed by atoms with Crippen LogP contribution in [0.15, 0.2) is 17.3 Å². The molecule has 0 unspecified atom stereocenters. The molecule has 0 aliphatic heterocycles. The van der Waals surface area contributed by atoms with E-state index in [-0.39, 0.29) is 5.91 Å². The van der Waals surface area contributed by atoms with Crippen LogP contribution in [0.1, 0.15) is 13.8 Å². The fourth-order valence-corrected chi connectivity index (χ4v) is 0.790. The fraction of sp³-hybridized carbons (Fsp3) is 0.556. The molecule has 0 aliphatic carbocycles. The first kappa shape index (κ1) is 11.7. The van der Waals surface area contributed by atoms with Crippen molar-refractivity contribution in [1.29, 1.82) is 0 Å². The number of likely N-dealkylation sites (N-methyl/N-ethyl adjacent to an activating group) is 1. The molecule has 13 heavy (non-hydrogen) atoms. The van der Waals surface area contributed by atoms with Crippen molar-refractivity contribution in [3.63, 3.8) is 0 Å². The first-order valence-corrected chi connectivity index (χ1v) is 4.02. The minimum atomic E-state index is -0.108. The van der Waals surface area contributed by atoms with Gasteiger partial charge in [0.15, 0.2) is 0 Å². The lowest BCUT2D eigenvalue weighted by Gasteiger charge is -2.18. The molecule has 0 saturated carbocycles. The molecule has 0 aromatic heterocycles. The van der Waals surface area contributed by atoms with Crippen molar-refractivity contribution in [2.45, 2.75) is 13.8 Å². The smallest absolute Gasteiger partial charge is 0.253 e. The third-order valence-corrected chi connectivity index (χ3v) is 1.50. The molecule has 0 fully saturated rings. The fourth-order valence-electron chi connectivity index (χ4n) is 0.790. The summed E-state index contributed by atoms with van der Waals surface area (Å²) in [5, 5.41) is 5.75. The largest absolute Gasteiger partial charge is 0.301 e. The Bertz CT molecular complexity index is 243. The average molecular weight is 183 g/mol. The summed E-state index contributed by atoms with van der Waals surface area (Å²) in [4.78, 5) is 12.9. The van der Waals surface area contributed by atoms with Gasteiger partial charge in [-0.05, 0) is 13.8 Å². The minimum Gasteiger partial charge on any atom is -0.301 e. The maximum Gasteiger partial charge on any atom is 0.253 e.